The highest BCUT2D eigenvalue weighted by Gasteiger charge is 2.78. The predicted molar refractivity (Wildman–Crippen MR) is 253 cm³/mol. The maximum atomic E-state index is 14.8. The van der Waals surface area contributed by atoms with Crippen molar-refractivity contribution in [2.75, 3.05) is 64.1 Å². The van der Waals surface area contributed by atoms with E-state index in [4.69, 9.17) is 9.47 Å². The number of hydrogen-bond acceptors (Lipinski definition) is 13. The quantitative estimate of drug-likeness (QED) is 0.0509. The summed E-state index contributed by atoms with van der Waals surface area (Å²) in [6, 6.07) is 17.4. The fourth-order valence-electron chi connectivity index (χ4n) is 13.4. The summed E-state index contributed by atoms with van der Waals surface area (Å²) >= 11 is 0. The number of aliphatic hydroxyl groups excluding tert-OH is 1. The molecule has 4 aromatic rings. The first kappa shape index (κ1) is 44.5. The Morgan fingerprint density at radius 2 is 1.88 bits per heavy atom. The van der Waals surface area contributed by atoms with Gasteiger partial charge in [-0.3, -0.25) is 20.0 Å². The van der Waals surface area contributed by atoms with Crippen LogP contribution in [0.4, 0.5) is 10.5 Å². The van der Waals surface area contributed by atoms with Crippen molar-refractivity contribution in [2.24, 2.45) is 11.3 Å². The minimum atomic E-state index is -2.40. The van der Waals surface area contributed by atoms with Gasteiger partial charge in [0.2, 0.25) is 0 Å². The summed E-state index contributed by atoms with van der Waals surface area (Å²) in [4.78, 5) is 42.9. The molecule has 2 saturated heterocycles. The molecule has 1 unspecified atom stereocenters. The molecule has 7 heterocycles. The van der Waals surface area contributed by atoms with E-state index in [1.807, 2.05) is 43.1 Å². The molecule has 65 heavy (non-hydrogen) atoms. The Morgan fingerprint density at radius 3 is 2.66 bits per heavy atom. The van der Waals surface area contributed by atoms with Crippen LogP contribution in [0, 0.1) is 11.3 Å². The number of piperidine rings is 1. The molecule has 1 aliphatic carbocycles. The Bertz CT molecular complexity index is 2490. The highest BCUT2D eigenvalue weighted by Crippen LogP contribution is 2.67. The number of carbonyl (C=O) groups excluding carboxylic acids is 2. The van der Waals surface area contributed by atoms with Gasteiger partial charge in [0.15, 0.2) is 5.60 Å². The monoisotopic (exact) mass is 923 g/mol. The molecule has 3 fully saturated rings. The normalized spacial score (nSPS) is 33.5. The smallest absolute Gasteiger partial charge is 0.426 e. The van der Waals surface area contributed by atoms with E-state index in [0.29, 0.717) is 56.8 Å². The topological polar surface area (TPSA) is 176 Å². The number of aromatic amines is 1. The Balaban J connectivity index is 1.03. The average Bonchev–Trinajstić information content (AvgIpc) is 3.98. The zero-order valence-corrected chi connectivity index (χ0v) is 39.2. The van der Waals surface area contributed by atoms with Crippen molar-refractivity contribution >= 4 is 50.2 Å². The molecule has 10 atom stereocenters. The van der Waals surface area contributed by atoms with Crippen LogP contribution in [0.1, 0.15) is 74.3 Å². The molecule has 346 valence electrons. The fourth-order valence-corrected chi connectivity index (χ4v) is 15.1. The third-order valence-electron chi connectivity index (χ3n) is 16.0. The molecule has 1 spiro atoms. The van der Waals surface area contributed by atoms with Crippen LogP contribution in [0.5, 0.6) is 5.75 Å². The molecule has 2 aromatic carbocycles. The number of amides is 2. The molecule has 2 aromatic heterocycles. The molecule has 14 nitrogen and oxygen atoms in total. The number of H-pyrrole nitrogens is 1. The van der Waals surface area contributed by atoms with Crippen molar-refractivity contribution in [3.8, 4) is 5.75 Å². The summed E-state index contributed by atoms with van der Waals surface area (Å²) in [6.45, 7) is 7.98. The van der Waals surface area contributed by atoms with Gasteiger partial charge in [-0.1, -0.05) is 61.1 Å². The van der Waals surface area contributed by atoms with E-state index in [-0.39, 0.29) is 24.5 Å². The summed E-state index contributed by atoms with van der Waals surface area (Å²) in [7, 11) is 6.55. The van der Waals surface area contributed by atoms with Crippen LogP contribution in [-0.2, 0) is 21.4 Å². The molecular formula is C49H61N7O7S2. The largest absolute Gasteiger partial charge is 0.496 e. The Labute approximate surface area is 388 Å². The van der Waals surface area contributed by atoms with Crippen LogP contribution in [0.25, 0.3) is 10.9 Å². The predicted octanol–water partition coefficient (Wildman–Crippen LogP) is 5.51. The van der Waals surface area contributed by atoms with Crippen molar-refractivity contribution in [3.63, 3.8) is 0 Å². The second kappa shape index (κ2) is 17.1. The standard InChI is InChI=1S/C49H61N7O7S2/c1-5-46(60)27-30-24-34(40-32(15-20-55(28-30)29-46)31-12-7-8-13-36(31)51-40)33-25-35-37(26-38(33)62-4)54(3)42-48(35)17-21-56-19-11-16-47(6-2,41(48)56)43(57)49(42,61)44(58)52-53-45(59)63-22-23-64-65-39-14-9-10-18-50-39/h7-14,16,18,25-26,30,34,41-43,51,57,60-61H,5-6,15,17,19-24,27-29H2,1-4H3,(H,52,58)(H,53,59)/t30-,34-,41+,42-,43-,46+,47-,48-,49+/m1/s1. The number of benzene rings is 2. The maximum absolute atomic E-state index is 14.8. The Morgan fingerprint density at radius 1 is 1.05 bits per heavy atom. The van der Waals surface area contributed by atoms with E-state index >= 15 is 0 Å². The summed E-state index contributed by atoms with van der Waals surface area (Å²) in [5, 5.41) is 40.0. The summed E-state index contributed by atoms with van der Waals surface area (Å²) < 4.78 is 11.8. The van der Waals surface area contributed by atoms with Crippen LogP contribution in [0.3, 0.4) is 0 Å². The highest BCUT2D eigenvalue weighted by atomic mass is 33.1. The molecule has 5 aliphatic heterocycles. The van der Waals surface area contributed by atoms with Gasteiger partial charge < -0.3 is 34.7 Å². The summed E-state index contributed by atoms with van der Waals surface area (Å²) in [5.41, 5.74) is 6.26. The molecule has 6 N–H and O–H groups in total. The number of para-hydroxylation sites is 1. The van der Waals surface area contributed by atoms with Gasteiger partial charge in [0.1, 0.15) is 23.5 Å². The summed E-state index contributed by atoms with van der Waals surface area (Å²) in [6.07, 6.45) is 7.50. The number of nitrogens with one attached hydrogen (secondary N) is 3. The molecular weight excluding hydrogens is 863 g/mol. The van der Waals surface area contributed by atoms with Gasteiger partial charge in [-0.2, -0.15) is 0 Å². The van der Waals surface area contributed by atoms with Crippen LogP contribution in [0.15, 0.2) is 78.0 Å². The van der Waals surface area contributed by atoms with Crippen LogP contribution < -0.4 is 20.5 Å². The lowest BCUT2D eigenvalue weighted by Crippen LogP contribution is -2.82. The van der Waals surface area contributed by atoms with Crippen LogP contribution >= 0.6 is 21.6 Å². The van der Waals surface area contributed by atoms with Gasteiger partial charge in [-0.15, -0.1) is 0 Å². The lowest BCUT2D eigenvalue weighted by atomic mass is 9.47. The van der Waals surface area contributed by atoms with Gasteiger partial charge in [-0.25, -0.2) is 15.2 Å². The van der Waals surface area contributed by atoms with Gasteiger partial charge in [0.25, 0.3) is 5.91 Å². The maximum Gasteiger partial charge on any atom is 0.426 e. The Hall–Kier alpha value is -4.29. The molecule has 2 bridgehead atoms. The van der Waals surface area contributed by atoms with E-state index in [1.165, 1.54) is 32.5 Å². The number of fused-ring (bicyclic) bond motifs is 6. The third kappa shape index (κ3) is 7.07. The van der Waals surface area contributed by atoms with Gasteiger partial charge >= 0.3 is 6.09 Å². The van der Waals surface area contributed by atoms with Gasteiger partial charge in [-0.05, 0) is 97.2 Å². The second-order valence-electron chi connectivity index (χ2n) is 19.2. The van der Waals surface area contributed by atoms with Crippen molar-refractivity contribution < 1.29 is 34.4 Å². The molecule has 16 heteroatoms. The SMILES string of the molecule is CC[C@]1(O)C[C@H]2C[C@H](c3cc4c(cc3OC)N(C)[C@H]3[C@@](O)(C(=O)NNC(=O)OCCSSc5ccccn5)[C@H](O)[C@]5(CC)C=CCN6CC[C@]43[C@@H]65)c3[nH]c4ccccc4c3CCN(C2)C1. The first-order valence-corrected chi connectivity index (χ1v) is 25.5. The van der Waals surface area contributed by atoms with Crippen molar-refractivity contribution in [2.45, 2.75) is 98.1 Å². The number of aromatic nitrogens is 2. The third-order valence-corrected chi connectivity index (χ3v) is 18.2. The minimum Gasteiger partial charge on any atom is -0.496 e. The number of carbonyl (C=O) groups is 2. The van der Waals surface area contributed by atoms with Gasteiger partial charge in [0, 0.05) is 102 Å². The zero-order valence-electron chi connectivity index (χ0n) is 37.6. The number of anilines is 1. The number of aliphatic hydroxyl groups is 3. The van der Waals surface area contributed by atoms with E-state index < -0.39 is 46.2 Å². The summed E-state index contributed by atoms with van der Waals surface area (Å²) in [5.74, 6) is 0.360. The Kier molecular flexibility index (Phi) is 11.7. The molecule has 6 aliphatic rings. The van der Waals surface area contributed by atoms with Crippen molar-refractivity contribution in [3.05, 3.63) is 95.3 Å². The second-order valence-corrected chi connectivity index (χ2v) is 21.6. The minimum absolute atomic E-state index is 0.0772. The van der Waals surface area contributed by atoms with Crippen LogP contribution in [-0.4, -0.2) is 136 Å². The first-order valence-electron chi connectivity index (χ1n) is 23.2. The fraction of sp³-hybridized carbons (Fsp3) is 0.531. The number of hydrogen-bond donors (Lipinski definition) is 6. The molecule has 10 rings (SSSR count). The highest BCUT2D eigenvalue weighted by molar-refractivity contribution is 8.76. The number of pyridine rings is 1. The van der Waals surface area contributed by atoms with E-state index in [1.54, 1.807) is 13.3 Å². The van der Waals surface area contributed by atoms with E-state index in [9.17, 15) is 24.9 Å². The van der Waals surface area contributed by atoms with Crippen molar-refractivity contribution in [1.29, 1.82) is 0 Å². The number of likely N-dealkylation sites (N-methyl/N-ethyl adjacent to an activating group) is 1. The van der Waals surface area contributed by atoms with E-state index in [0.717, 1.165) is 59.0 Å². The molecule has 0 radical (unpaired) electrons. The lowest BCUT2D eigenvalue weighted by molar-refractivity contribution is -0.204. The average molecular weight is 924 g/mol. The number of rotatable bonds is 10. The van der Waals surface area contributed by atoms with E-state index in [2.05, 4.69) is 80.0 Å². The molecule has 1 saturated carbocycles. The number of ether oxygens (including phenoxy) is 2. The number of methoxy groups -OCH3 is 1. The number of nitrogens with zero attached hydrogens (tertiary/aromatic N) is 4. The zero-order chi connectivity index (χ0) is 45.3. The van der Waals surface area contributed by atoms with Crippen LogP contribution in [0.2, 0.25) is 0 Å². The first-order chi connectivity index (χ1) is 31.4. The van der Waals surface area contributed by atoms with Gasteiger partial charge in [0.05, 0.1) is 18.8 Å². The van der Waals surface area contributed by atoms with Crippen molar-refractivity contribution in [1.82, 2.24) is 30.6 Å². The molecule has 2 amide bonds. The number of hydrazine groups is 1. The lowest BCUT2D eigenvalue weighted by Gasteiger charge is -2.63.